The van der Waals surface area contributed by atoms with Crippen LogP contribution in [-0.2, 0) is 11.4 Å². The van der Waals surface area contributed by atoms with E-state index in [1.165, 1.54) is 12.8 Å². The Morgan fingerprint density at radius 1 is 1.44 bits per heavy atom. The van der Waals surface area contributed by atoms with Gasteiger partial charge >= 0.3 is 0 Å². The van der Waals surface area contributed by atoms with E-state index >= 15 is 0 Å². The molecule has 84 valence electrons. The van der Waals surface area contributed by atoms with Crippen molar-refractivity contribution in [3.63, 3.8) is 0 Å². The van der Waals surface area contributed by atoms with Gasteiger partial charge in [0.1, 0.15) is 11.3 Å². The molecule has 0 spiro atoms. The zero-order chi connectivity index (χ0) is 11.3. The molecule has 0 amide bonds. The normalized spacial score (nSPS) is 17.9. The quantitative estimate of drug-likeness (QED) is 0.743. The highest BCUT2D eigenvalue weighted by Crippen LogP contribution is 2.46. The van der Waals surface area contributed by atoms with Crippen LogP contribution in [0.4, 0.5) is 0 Å². The summed E-state index contributed by atoms with van der Waals surface area (Å²) in [5.74, 6) is 1.35. The first-order valence-electron chi connectivity index (χ1n) is 5.38. The van der Waals surface area contributed by atoms with Crippen molar-refractivity contribution in [1.82, 2.24) is 9.55 Å². The van der Waals surface area contributed by atoms with Gasteiger partial charge in [-0.05, 0) is 31.9 Å². The van der Waals surface area contributed by atoms with Gasteiger partial charge in [-0.25, -0.2) is 4.98 Å². The summed E-state index contributed by atoms with van der Waals surface area (Å²) in [4.78, 5) is 4.54. The van der Waals surface area contributed by atoms with Gasteiger partial charge in [0.05, 0.1) is 16.4 Å². The lowest BCUT2D eigenvalue weighted by molar-refractivity contribution is 0.531. The summed E-state index contributed by atoms with van der Waals surface area (Å²) in [6.07, 6.45) is 2.38. The van der Waals surface area contributed by atoms with E-state index in [0.29, 0.717) is 10.9 Å². The fraction of sp³-hybridized carbons (Fsp3) is 0.417. The molecule has 1 aliphatic carbocycles. The van der Waals surface area contributed by atoms with Crippen LogP contribution in [0.1, 0.15) is 25.6 Å². The number of para-hydroxylation sites is 1. The number of hydrogen-bond donors (Lipinski definition) is 0. The van der Waals surface area contributed by atoms with E-state index in [4.69, 9.17) is 23.2 Å². The standard InChI is InChI=1S/C12H12Cl2N2/c1-12(5-6-12)16-9-4-2-3-8(14)11(9)15-10(16)7-13/h2-4H,5-7H2,1H3. The Hall–Kier alpha value is -0.730. The highest BCUT2D eigenvalue weighted by molar-refractivity contribution is 6.35. The molecule has 2 aromatic rings. The summed E-state index contributed by atoms with van der Waals surface area (Å²) in [7, 11) is 0. The van der Waals surface area contributed by atoms with Crippen molar-refractivity contribution >= 4 is 34.2 Å². The third kappa shape index (κ3) is 1.36. The van der Waals surface area contributed by atoms with Crippen LogP contribution in [0.2, 0.25) is 5.02 Å². The molecule has 2 nitrogen and oxygen atoms in total. The van der Waals surface area contributed by atoms with E-state index in [9.17, 15) is 0 Å². The van der Waals surface area contributed by atoms with Gasteiger partial charge in [-0.15, -0.1) is 11.6 Å². The topological polar surface area (TPSA) is 17.8 Å². The lowest BCUT2D eigenvalue weighted by atomic mass is 10.2. The second kappa shape index (κ2) is 3.38. The fourth-order valence-electron chi connectivity index (χ4n) is 2.21. The Bertz CT molecular complexity index is 555. The second-order valence-corrected chi connectivity index (χ2v) is 5.28. The molecular formula is C12H12Cl2N2. The number of fused-ring (bicyclic) bond motifs is 1. The smallest absolute Gasteiger partial charge is 0.125 e. The van der Waals surface area contributed by atoms with E-state index < -0.39 is 0 Å². The number of aromatic nitrogens is 2. The summed E-state index contributed by atoms with van der Waals surface area (Å²) >= 11 is 12.1. The number of alkyl halides is 1. The largest absolute Gasteiger partial charge is 0.321 e. The first-order chi connectivity index (χ1) is 7.65. The Labute approximate surface area is 104 Å². The van der Waals surface area contributed by atoms with Crippen LogP contribution in [0, 0.1) is 0 Å². The molecule has 1 fully saturated rings. The summed E-state index contributed by atoms with van der Waals surface area (Å²) in [5, 5.41) is 0.701. The van der Waals surface area contributed by atoms with Crippen LogP contribution < -0.4 is 0 Å². The van der Waals surface area contributed by atoms with Crippen molar-refractivity contribution in [2.75, 3.05) is 0 Å². The average molecular weight is 255 g/mol. The second-order valence-electron chi connectivity index (χ2n) is 4.60. The number of nitrogens with zero attached hydrogens (tertiary/aromatic N) is 2. The van der Waals surface area contributed by atoms with E-state index in [1.807, 2.05) is 12.1 Å². The first kappa shape index (κ1) is 10.4. The van der Waals surface area contributed by atoms with Gasteiger partial charge in [0.25, 0.3) is 0 Å². The summed E-state index contributed by atoms with van der Waals surface area (Å²) < 4.78 is 2.25. The third-order valence-corrected chi connectivity index (χ3v) is 3.88. The van der Waals surface area contributed by atoms with Crippen LogP contribution in [0.15, 0.2) is 18.2 Å². The van der Waals surface area contributed by atoms with Crippen LogP contribution >= 0.6 is 23.2 Å². The Morgan fingerprint density at radius 3 is 2.81 bits per heavy atom. The molecule has 16 heavy (non-hydrogen) atoms. The molecule has 1 aliphatic rings. The summed E-state index contributed by atoms with van der Waals surface area (Å²) in [5.41, 5.74) is 2.17. The first-order valence-corrected chi connectivity index (χ1v) is 6.29. The van der Waals surface area contributed by atoms with Crippen molar-refractivity contribution in [3.05, 3.63) is 29.0 Å². The lowest BCUT2D eigenvalue weighted by Gasteiger charge is -2.14. The molecule has 0 atom stereocenters. The van der Waals surface area contributed by atoms with Gasteiger partial charge in [0.2, 0.25) is 0 Å². The van der Waals surface area contributed by atoms with Crippen LogP contribution in [-0.4, -0.2) is 9.55 Å². The molecule has 1 aromatic carbocycles. The van der Waals surface area contributed by atoms with E-state index in [0.717, 1.165) is 16.9 Å². The minimum atomic E-state index is 0.198. The minimum absolute atomic E-state index is 0.198. The zero-order valence-electron chi connectivity index (χ0n) is 9.00. The zero-order valence-corrected chi connectivity index (χ0v) is 10.5. The molecule has 0 radical (unpaired) electrons. The van der Waals surface area contributed by atoms with Crippen molar-refractivity contribution in [1.29, 1.82) is 0 Å². The van der Waals surface area contributed by atoms with Gasteiger partial charge < -0.3 is 4.57 Å². The molecule has 0 bridgehead atoms. The molecule has 0 saturated heterocycles. The predicted octanol–water partition coefficient (Wildman–Crippen LogP) is 3.94. The van der Waals surface area contributed by atoms with Gasteiger partial charge in [0, 0.05) is 5.54 Å². The van der Waals surface area contributed by atoms with Crippen LogP contribution in [0.5, 0.6) is 0 Å². The maximum absolute atomic E-state index is 6.15. The van der Waals surface area contributed by atoms with E-state index in [2.05, 4.69) is 22.5 Å². The van der Waals surface area contributed by atoms with Crippen LogP contribution in [0.25, 0.3) is 11.0 Å². The van der Waals surface area contributed by atoms with Crippen molar-refractivity contribution in [3.8, 4) is 0 Å². The number of hydrogen-bond acceptors (Lipinski definition) is 1. The number of halogens is 2. The predicted molar refractivity (Wildman–Crippen MR) is 67.2 cm³/mol. The molecule has 3 rings (SSSR count). The average Bonchev–Trinajstić information content (AvgIpc) is 2.89. The van der Waals surface area contributed by atoms with E-state index in [-0.39, 0.29) is 5.54 Å². The lowest BCUT2D eigenvalue weighted by Crippen LogP contribution is -2.14. The van der Waals surface area contributed by atoms with Gasteiger partial charge in [-0.2, -0.15) is 0 Å². The highest BCUT2D eigenvalue weighted by atomic mass is 35.5. The highest BCUT2D eigenvalue weighted by Gasteiger charge is 2.41. The van der Waals surface area contributed by atoms with Gasteiger partial charge in [-0.3, -0.25) is 0 Å². The number of rotatable bonds is 2. The van der Waals surface area contributed by atoms with Gasteiger partial charge in [-0.1, -0.05) is 17.7 Å². The molecule has 0 unspecified atom stereocenters. The SMILES string of the molecule is CC1(n2c(CCl)nc3c(Cl)cccc32)CC1. The number of imidazole rings is 1. The summed E-state index contributed by atoms with van der Waals surface area (Å²) in [6.45, 7) is 2.24. The Kier molecular flexibility index (Phi) is 2.20. The third-order valence-electron chi connectivity index (χ3n) is 3.34. The monoisotopic (exact) mass is 254 g/mol. The maximum Gasteiger partial charge on any atom is 0.125 e. The van der Waals surface area contributed by atoms with Crippen molar-refractivity contribution in [2.24, 2.45) is 0 Å². The molecule has 0 aliphatic heterocycles. The molecule has 1 aromatic heterocycles. The van der Waals surface area contributed by atoms with Gasteiger partial charge in [0.15, 0.2) is 0 Å². The molecule has 0 N–H and O–H groups in total. The van der Waals surface area contributed by atoms with E-state index in [1.54, 1.807) is 0 Å². The summed E-state index contributed by atoms with van der Waals surface area (Å²) in [6, 6.07) is 5.90. The van der Waals surface area contributed by atoms with Crippen molar-refractivity contribution in [2.45, 2.75) is 31.2 Å². The molecular weight excluding hydrogens is 243 g/mol. The molecule has 1 heterocycles. The Balaban J connectivity index is 2.36. The van der Waals surface area contributed by atoms with Crippen LogP contribution in [0.3, 0.4) is 0 Å². The molecule has 4 heteroatoms. The fourth-order valence-corrected chi connectivity index (χ4v) is 2.60. The Morgan fingerprint density at radius 2 is 2.19 bits per heavy atom. The maximum atomic E-state index is 6.15. The molecule has 1 saturated carbocycles. The van der Waals surface area contributed by atoms with Crippen molar-refractivity contribution < 1.29 is 0 Å². The minimum Gasteiger partial charge on any atom is -0.321 e. The number of benzene rings is 1.